The minimum absolute atomic E-state index is 0.00491. The van der Waals surface area contributed by atoms with Crippen molar-refractivity contribution in [2.45, 2.75) is 65.9 Å². The molecule has 0 N–H and O–H groups in total. The second-order valence-corrected chi connectivity index (χ2v) is 7.15. The highest BCUT2D eigenvalue weighted by Gasteiger charge is 2.43. The number of ether oxygens (including phenoxy) is 2. The Kier molecular flexibility index (Phi) is 7.55. The van der Waals surface area contributed by atoms with Gasteiger partial charge in [-0.1, -0.05) is 27.7 Å². The summed E-state index contributed by atoms with van der Waals surface area (Å²) in [6, 6.07) is 0. The maximum Gasteiger partial charge on any atom is 0.255 e. The summed E-state index contributed by atoms with van der Waals surface area (Å²) in [7, 11) is 0. The van der Waals surface area contributed by atoms with E-state index in [1.54, 1.807) is 0 Å². The summed E-state index contributed by atoms with van der Waals surface area (Å²) < 4.78 is 36.5. The van der Waals surface area contributed by atoms with Gasteiger partial charge in [-0.2, -0.15) is 0 Å². The van der Waals surface area contributed by atoms with E-state index in [0.29, 0.717) is 6.10 Å². The van der Waals surface area contributed by atoms with Crippen molar-refractivity contribution in [2.24, 2.45) is 23.7 Å². The largest absolute Gasteiger partial charge is 0.381 e. The Hall–Kier alpha value is -0.220. The molecular formula is C17H32F2O2. The Morgan fingerprint density at radius 3 is 2.10 bits per heavy atom. The molecule has 2 nitrogen and oxygen atoms in total. The van der Waals surface area contributed by atoms with E-state index in [1.807, 2.05) is 13.8 Å². The fourth-order valence-electron chi connectivity index (χ4n) is 3.04. The van der Waals surface area contributed by atoms with Gasteiger partial charge in [0.2, 0.25) is 0 Å². The van der Waals surface area contributed by atoms with Crippen LogP contribution in [0.1, 0.15) is 53.9 Å². The van der Waals surface area contributed by atoms with Crippen molar-refractivity contribution in [3.05, 3.63) is 0 Å². The zero-order valence-corrected chi connectivity index (χ0v) is 14.2. The van der Waals surface area contributed by atoms with E-state index in [2.05, 4.69) is 20.8 Å². The van der Waals surface area contributed by atoms with E-state index in [0.717, 1.165) is 18.4 Å². The van der Waals surface area contributed by atoms with Gasteiger partial charge in [-0.05, 0) is 37.5 Å². The number of hydrogen-bond donors (Lipinski definition) is 0. The predicted molar refractivity (Wildman–Crippen MR) is 81.7 cm³/mol. The normalized spacial score (nSPS) is 32.7. The molecule has 3 atom stereocenters. The SMILES string of the molecule is CC(C)C1COCCC1(F)F.CC1CC(C(C)C)CCO1. The topological polar surface area (TPSA) is 18.5 Å². The maximum atomic E-state index is 13.0. The standard InChI is InChI=1S/C9H18O.C8H14F2O/c1-7(2)9-4-5-10-8(3)6-9;1-6(2)7-5-11-4-3-8(7,9)10/h7-9H,4-6H2,1-3H3;6-7H,3-5H2,1-2H3. The zero-order chi connectivity index (χ0) is 16.0. The first kappa shape index (κ1) is 18.8. The van der Waals surface area contributed by atoms with Crippen LogP contribution in [0.15, 0.2) is 0 Å². The van der Waals surface area contributed by atoms with Crippen LogP contribution in [0.2, 0.25) is 0 Å². The lowest BCUT2D eigenvalue weighted by Gasteiger charge is -2.33. The van der Waals surface area contributed by atoms with Crippen LogP contribution in [0.4, 0.5) is 8.78 Å². The van der Waals surface area contributed by atoms with Crippen molar-refractivity contribution in [1.29, 1.82) is 0 Å². The molecule has 2 aliphatic rings. The van der Waals surface area contributed by atoms with Crippen LogP contribution >= 0.6 is 0 Å². The molecule has 2 aliphatic heterocycles. The van der Waals surface area contributed by atoms with E-state index in [1.165, 1.54) is 12.8 Å². The molecule has 0 spiro atoms. The summed E-state index contributed by atoms with van der Waals surface area (Å²) in [4.78, 5) is 0. The Bertz CT molecular complexity index is 293. The van der Waals surface area contributed by atoms with Gasteiger partial charge in [-0.3, -0.25) is 0 Å². The Labute approximate surface area is 128 Å². The third-order valence-electron chi connectivity index (χ3n) is 4.69. The van der Waals surface area contributed by atoms with E-state index in [9.17, 15) is 8.78 Å². The van der Waals surface area contributed by atoms with Crippen LogP contribution in [0.5, 0.6) is 0 Å². The lowest BCUT2D eigenvalue weighted by atomic mass is 9.86. The Morgan fingerprint density at radius 2 is 1.71 bits per heavy atom. The molecule has 0 bridgehead atoms. The van der Waals surface area contributed by atoms with E-state index >= 15 is 0 Å². The number of rotatable bonds is 2. The second kappa shape index (κ2) is 8.42. The minimum Gasteiger partial charge on any atom is -0.381 e. The van der Waals surface area contributed by atoms with Crippen LogP contribution in [0.25, 0.3) is 0 Å². The summed E-state index contributed by atoms with van der Waals surface area (Å²) in [5.41, 5.74) is 0. The van der Waals surface area contributed by atoms with Crippen LogP contribution in [0.3, 0.4) is 0 Å². The molecule has 0 aromatic rings. The molecule has 3 unspecified atom stereocenters. The van der Waals surface area contributed by atoms with Gasteiger partial charge >= 0.3 is 0 Å². The highest BCUT2D eigenvalue weighted by molar-refractivity contribution is 4.82. The predicted octanol–water partition coefficient (Wildman–Crippen LogP) is 4.77. The molecule has 2 rings (SSSR count). The molecule has 126 valence electrons. The molecule has 0 aromatic carbocycles. The molecule has 0 aliphatic carbocycles. The smallest absolute Gasteiger partial charge is 0.255 e. The summed E-state index contributed by atoms with van der Waals surface area (Å²) in [6.07, 6.45) is 2.91. The fourth-order valence-corrected chi connectivity index (χ4v) is 3.04. The van der Waals surface area contributed by atoms with Crippen molar-refractivity contribution < 1.29 is 18.3 Å². The minimum atomic E-state index is -2.51. The first-order valence-electron chi connectivity index (χ1n) is 8.31. The second-order valence-electron chi connectivity index (χ2n) is 7.15. The quantitative estimate of drug-likeness (QED) is 0.731. The molecule has 2 heterocycles. The lowest BCUT2D eigenvalue weighted by molar-refractivity contribution is -0.154. The average molecular weight is 306 g/mol. The molecule has 21 heavy (non-hydrogen) atoms. The van der Waals surface area contributed by atoms with Crippen molar-refractivity contribution in [2.75, 3.05) is 19.8 Å². The molecule has 4 heteroatoms. The monoisotopic (exact) mass is 306 g/mol. The third kappa shape index (κ3) is 6.19. The van der Waals surface area contributed by atoms with E-state index < -0.39 is 11.8 Å². The summed E-state index contributed by atoms with van der Waals surface area (Å²) in [5.74, 6) is -1.34. The fraction of sp³-hybridized carbons (Fsp3) is 1.00. The highest BCUT2D eigenvalue weighted by atomic mass is 19.3. The highest BCUT2D eigenvalue weighted by Crippen LogP contribution is 2.36. The molecule has 2 saturated heterocycles. The first-order chi connectivity index (χ1) is 9.74. The van der Waals surface area contributed by atoms with Gasteiger partial charge in [-0.15, -0.1) is 0 Å². The van der Waals surface area contributed by atoms with Crippen molar-refractivity contribution in [1.82, 2.24) is 0 Å². The molecule has 2 fully saturated rings. The zero-order valence-electron chi connectivity index (χ0n) is 14.2. The first-order valence-corrected chi connectivity index (χ1v) is 8.31. The van der Waals surface area contributed by atoms with Crippen LogP contribution in [-0.4, -0.2) is 31.8 Å². The van der Waals surface area contributed by atoms with E-state index in [-0.39, 0.29) is 25.6 Å². The maximum absolute atomic E-state index is 13.0. The molecule has 0 saturated carbocycles. The lowest BCUT2D eigenvalue weighted by Crippen LogP contribution is -2.40. The summed E-state index contributed by atoms with van der Waals surface area (Å²) in [6.45, 7) is 11.8. The Morgan fingerprint density at radius 1 is 1.05 bits per heavy atom. The van der Waals surface area contributed by atoms with Gasteiger partial charge in [0.15, 0.2) is 0 Å². The van der Waals surface area contributed by atoms with Gasteiger partial charge in [0.1, 0.15) is 0 Å². The molecule has 0 aromatic heterocycles. The Balaban J connectivity index is 0.000000211. The molecule has 0 amide bonds. The van der Waals surface area contributed by atoms with Crippen LogP contribution in [0, 0.1) is 23.7 Å². The van der Waals surface area contributed by atoms with Gasteiger partial charge in [0, 0.05) is 18.9 Å². The van der Waals surface area contributed by atoms with Gasteiger partial charge in [0.25, 0.3) is 5.92 Å². The summed E-state index contributed by atoms with van der Waals surface area (Å²) in [5, 5.41) is 0. The van der Waals surface area contributed by atoms with Crippen LogP contribution < -0.4 is 0 Å². The van der Waals surface area contributed by atoms with Crippen LogP contribution in [-0.2, 0) is 9.47 Å². The van der Waals surface area contributed by atoms with E-state index in [4.69, 9.17) is 9.47 Å². The number of hydrogen-bond acceptors (Lipinski definition) is 2. The van der Waals surface area contributed by atoms with Crippen molar-refractivity contribution >= 4 is 0 Å². The molecular weight excluding hydrogens is 274 g/mol. The third-order valence-corrected chi connectivity index (χ3v) is 4.69. The number of alkyl halides is 2. The number of halogens is 2. The van der Waals surface area contributed by atoms with Gasteiger partial charge in [-0.25, -0.2) is 8.78 Å². The summed E-state index contributed by atoms with van der Waals surface area (Å²) >= 11 is 0. The van der Waals surface area contributed by atoms with Crippen molar-refractivity contribution in [3.63, 3.8) is 0 Å². The molecule has 0 radical (unpaired) electrons. The average Bonchev–Trinajstić information content (AvgIpc) is 2.38. The van der Waals surface area contributed by atoms with Gasteiger partial charge in [0.05, 0.1) is 19.3 Å². The van der Waals surface area contributed by atoms with Crippen molar-refractivity contribution in [3.8, 4) is 0 Å². The van der Waals surface area contributed by atoms with Gasteiger partial charge < -0.3 is 9.47 Å².